The number of nitrogens with two attached hydrogens (primary N) is 1. The molecule has 2 rings (SSSR count). The average Bonchev–Trinajstić information content (AvgIpc) is 2.64. The number of aliphatic carboxylic acids is 2. The van der Waals surface area contributed by atoms with Gasteiger partial charge in [-0.3, -0.25) is 15.0 Å². The molecule has 7 N–H and O–H groups in total. The molecule has 31 heavy (non-hydrogen) atoms. The van der Waals surface area contributed by atoms with Crippen molar-refractivity contribution in [3.05, 3.63) is 35.4 Å². The maximum absolute atomic E-state index is 12.0. The van der Waals surface area contributed by atoms with Crippen molar-refractivity contribution in [1.29, 1.82) is 5.41 Å². The van der Waals surface area contributed by atoms with E-state index >= 15 is 0 Å². The Hall–Kier alpha value is -3.57. The van der Waals surface area contributed by atoms with Crippen LogP contribution in [0.25, 0.3) is 6.08 Å². The molecular weight excluding hydrogens is 421 g/mol. The normalized spacial score (nSPS) is 15.3. The second kappa shape index (κ2) is 11.6. The second-order valence-corrected chi connectivity index (χ2v) is 6.59. The Kier molecular flexibility index (Phi) is 9.51. The molecule has 0 radical (unpaired) electrons. The number of halogens is 3. The third-order valence-corrected chi connectivity index (χ3v) is 4.07. The third kappa shape index (κ3) is 9.65. The fourth-order valence-corrected chi connectivity index (χ4v) is 2.62. The number of alkyl halides is 3. The Bertz CT molecular complexity index is 855. The van der Waals surface area contributed by atoms with Gasteiger partial charge in [-0.05, 0) is 36.5 Å². The Morgan fingerprint density at radius 1 is 1.32 bits per heavy atom. The molecule has 1 aromatic carbocycles. The molecule has 0 saturated heterocycles. The van der Waals surface area contributed by atoms with Crippen molar-refractivity contribution in [3.8, 4) is 0 Å². The van der Waals surface area contributed by atoms with Gasteiger partial charge < -0.3 is 26.6 Å². The average molecular weight is 444 g/mol. The molecule has 1 heterocycles. The Labute approximate surface area is 175 Å². The van der Waals surface area contributed by atoms with Gasteiger partial charge in [-0.2, -0.15) is 13.2 Å². The summed E-state index contributed by atoms with van der Waals surface area (Å²) in [5.74, 6) is -4.48. The van der Waals surface area contributed by atoms with E-state index in [4.69, 9.17) is 26.2 Å². The highest BCUT2D eigenvalue weighted by Crippen LogP contribution is 2.28. The van der Waals surface area contributed by atoms with Gasteiger partial charge in [0.1, 0.15) is 0 Å². The smallest absolute Gasteiger partial charge is 0.481 e. The van der Waals surface area contributed by atoms with Gasteiger partial charge in [0.15, 0.2) is 5.96 Å². The minimum atomic E-state index is -5.08. The van der Waals surface area contributed by atoms with E-state index < -0.39 is 24.0 Å². The summed E-state index contributed by atoms with van der Waals surface area (Å²) in [6.45, 7) is 0.658. The number of carbonyl (C=O) groups is 3. The first-order chi connectivity index (χ1) is 14.4. The molecule has 0 saturated carbocycles. The standard InChI is InChI=1S/C17H22N4O3.C2HF3O2/c18-17(19)20-7-3-1-2-4-11-5-6-12-9-13(10-15(22)23)16(24)21-14(12)8-11;3-2(4,5)1(6)7/h2,4-6,8,13H,1,3,7,9-10H2,(H,21,24)(H,22,23)(H4,18,19,20);(H,6,7). The van der Waals surface area contributed by atoms with E-state index in [1.165, 1.54) is 0 Å². The van der Waals surface area contributed by atoms with Crippen LogP contribution in [-0.2, 0) is 20.8 Å². The van der Waals surface area contributed by atoms with Crippen LogP contribution in [0.2, 0.25) is 0 Å². The molecule has 1 aliphatic heterocycles. The van der Waals surface area contributed by atoms with Gasteiger partial charge in [-0.1, -0.05) is 24.3 Å². The van der Waals surface area contributed by atoms with Crippen molar-refractivity contribution < 1.29 is 37.8 Å². The van der Waals surface area contributed by atoms with Crippen LogP contribution in [-0.4, -0.2) is 46.7 Å². The molecule has 1 aliphatic rings. The number of carbonyl (C=O) groups excluding carboxylic acids is 1. The molecule has 0 bridgehead atoms. The van der Waals surface area contributed by atoms with Crippen LogP contribution in [0.1, 0.15) is 30.4 Å². The fraction of sp³-hybridized carbons (Fsp3) is 0.368. The van der Waals surface area contributed by atoms with Gasteiger partial charge in [0.2, 0.25) is 5.91 Å². The number of carboxylic acids is 2. The number of anilines is 1. The number of nitrogens with one attached hydrogen (secondary N) is 3. The predicted molar refractivity (Wildman–Crippen MR) is 106 cm³/mol. The zero-order valence-corrected chi connectivity index (χ0v) is 16.3. The first-order valence-corrected chi connectivity index (χ1v) is 9.10. The molecule has 1 unspecified atom stereocenters. The summed E-state index contributed by atoms with van der Waals surface area (Å²) in [4.78, 5) is 31.7. The molecule has 1 atom stereocenters. The molecular formula is C19H23F3N4O5. The van der Waals surface area contributed by atoms with E-state index in [9.17, 15) is 22.8 Å². The molecule has 1 aromatic rings. The fourth-order valence-electron chi connectivity index (χ4n) is 2.62. The zero-order valence-electron chi connectivity index (χ0n) is 16.3. The lowest BCUT2D eigenvalue weighted by Gasteiger charge is -2.23. The van der Waals surface area contributed by atoms with Crippen molar-refractivity contribution in [3.63, 3.8) is 0 Å². The van der Waals surface area contributed by atoms with Crippen molar-refractivity contribution in [2.45, 2.75) is 31.9 Å². The largest absolute Gasteiger partial charge is 0.490 e. The molecule has 12 heteroatoms. The van der Waals surface area contributed by atoms with Crippen LogP contribution in [0.15, 0.2) is 24.3 Å². The number of carboxylic acid groups (broad SMARTS) is 2. The van der Waals surface area contributed by atoms with Gasteiger partial charge >= 0.3 is 18.1 Å². The van der Waals surface area contributed by atoms with E-state index in [0.29, 0.717) is 13.0 Å². The number of rotatable bonds is 7. The molecule has 0 spiro atoms. The van der Waals surface area contributed by atoms with Crippen LogP contribution < -0.4 is 16.4 Å². The van der Waals surface area contributed by atoms with Gasteiger partial charge in [0.25, 0.3) is 0 Å². The minimum Gasteiger partial charge on any atom is -0.481 e. The Morgan fingerprint density at radius 2 is 1.97 bits per heavy atom. The lowest BCUT2D eigenvalue weighted by Crippen LogP contribution is -2.31. The van der Waals surface area contributed by atoms with Crippen molar-refractivity contribution in [1.82, 2.24) is 5.32 Å². The number of benzene rings is 1. The molecule has 1 amide bonds. The number of unbranched alkanes of at least 4 members (excludes halogenated alkanes) is 1. The van der Waals surface area contributed by atoms with Gasteiger partial charge in [0, 0.05) is 12.2 Å². The topological polar surface area (TPSA) is 166 Å². The van der Waals surface area contributed by atoms with E-state index in [-0.39, 0.29) is 18.3 Å². The van der Waals surface area contributed by atoms with Gasteiger partial charge in [-0.15, -0.1) is 0 Å². The van der Waals surface area contributed by atoms with E-state index in [1.54, 1.807) is 0 Å². The highest BCUT2D eigenvalue weighted by Gasteiger charge is 2.38. The summed E-state index contributed by atoms with van der Waals surface area (Å²) in [7, 11) is 0. The summed E-state index contributed by atoms with van der Waals surface area (Å²) in [6.07, 6.45) is 0.944. The monoisotopic (exact) mass is 444 g/mol. The summed E-state index contributed by atoms with van der Waals surface area (Å²) in [6, 6.07) is 5.79. The third-order valence-electron chi connectivity index (χ3n) is 4.07. The van der Waals surface area contributed by atoms with Crippen LogP contribution in [0.5, 0.6) is 0 Å². The maximum atomic E-state index is 12.0. The summed E-state index contributed by atoms with van der Waals surface area (Å²) >= 11 is 0. The summed E-state index contributed by atoms with van der Waals surface area (Å²) in [5, 5.41) is 28.6. The number of fused-ring (bicyclic) bond motifs is 1. The molecule has 170 valence electrons. The lowest BCUT2D eigenvalue weighted by atomic mass is 9.90. The molecule has 0 aliphatic carbocycles. The highest BCUT2D eigenvalue weighted by atomic mass is 19.4. The van der Waals surface area contributed by atoms with Gasteiger partial charge in [0.05, 0.1) is 12.3 Å². The first kappa shape index (κ1) is 25.5. The highest BCUT2D eigenvalue weighted by molar-refractivity contribution is 5.97. The van der Waals surface area contributed by atoms with Crippen LogP contribution >= 0.6 is 0 Å². The van der Waals surface area contributed by atoms with E-state index in [1.807, 2.05) is 30.4 Å². The molecule has 0 aromatic heterocycles. The molecule has 9 nitrogen and oxygen atoms in total. The number of hydrogen-bond donors (Lipinski definition) is 6. The predicted octanol–water partition coefficient (Wildman–Crippen LogP) is 2.18. The summed E-state index contributed by atoms with van der Waals surface area (Å²) < 4.78 is 31.7. The van der Waals surface area contributed by atoms with Gasteiger partial charge in [-0.25, -0.2) is 4.79 Å². The van der Waals surface area contributed by atoms with Crippen LogP contribution in [0.3, 0.4) is 0 Å². The minimum absolute atomic E-state index is 0.0226. The van der Waals surface area contributed by atoms with E-state index in [0.717, 1.165) is 29.7 Å². The SMILES string of the molecule is N=C(N)NCCCC=Cc1ccc2c(c1)NC(=O)C(CC(=O)O)C2.O=C(O)C(F)(F)F. The van der Waals surface area contributed by atoms with Crippen LogP contribution in [0.4, 0.5) is 18.9 Å². The Morgan fingerprint density at radius 3 is 2.52 bits per heavy atom. The van der Waals surface area contributed by atoms with Crippen LogP contribution in [0, 0.1) is 11.3 Å². The van der Waals surface area contributed by atoms with Crippen molar-refractivity contribution >= 4 is 35.6 Å². The van der Waals surface area contributed by atoms with Crippen molar-refractivity contribution in [2.24, 2.45) is 11.7 Å². The van der Waals surface area contributed by atoms with E-state index in [2.05, 4.69) is 10.6 Å². The first-order valence-electron chi connectivity index (χ1n) is 9.10. The zero-order chi connectivity index (χ0) is 23.6. The number of allylic oxidation sites excluding steroid dienone is 1. The second-order valence-electron chi connectivity index (χ2n) is 6.59. The molecule has 0 fully saturated rings. The number of guanidine groups is 1. The number of hydrogen-bond acceptors (Lipinski definition) is 4. The quantitative estimate of drug-likeness (QED) is 0.213. The maximum Gasteiger partial charge on any atom is 0.490 e. The van der Waals surface area contributed by atoms with Crippen molar-refractivity contribution in [2.75, 3.05) is 11.9 Å². The number of amides is 1. The Balaban J connectivity index is 0.000000592. The summed E-state index contributed by atoms with van der Waals surface area (Å²) in [5.41, 5.74) is 7.89. The lowest BCUT2D eigenvalue weighted by molar-refractivity contribution is -0.192.